The lowest BCUT2D eigenvalue weighted by Crippen LogP contribution is -2.36. The van der Waals surface area contributed by atoms with Crippen LogP contribution >= 0.6 is 12.4 Å². The van der Waals surface area contributed by atoms with Crippen LogP contribution in [0.5, 0.6) is 0 Å². The van der Waals surface area contributed by atoms with Gasteiger partial charge in [0.05, 0.1) is 19.3 Å². The molecule has 1 aliphatic carbocycles. The average Bonchev–Trinajstić information content (AvgIpc) is 2.96. The topological polar surface area (TPSA) is 50.4 Å². The van der Waals surface area contributed by atoms with Crippen LogP contribution in [-0.4, -0.2) is 38.3 Å². The Hall–Kier alpha value is -0.320. The van der Waals surface area contributed by atoms with E-state index in [0.717, 1.165) is 12.5 Å². The smallest absolute Gasteiger partial charge is 0.234 e. The van der Waals surface area contributed by atoms with Crippen LogP contribution in [0.1, 0.15) is 26.7 Å². The highest BCUT2D eigenvalue weighted by atomic mass is 35.5. The van der Waals surface area contributed by atoms with E-state index in [2.05, 4.69) is 10.6 Å². The van der Waals surface area contributed by atoms with Gasteiger partial charge in [-0.25, -0.2) is 0 Å². The van der Waals surface area contributed by atoms with Crippen LogP contribution in [-0.2, 0) is 9.53 Å². The zero-order valence-corrected chi connectivity index (χ0v) is 10.9. The summed E-state index contributed by atoms with van der Waals surface area (Å²) in [6, 6.07) is 0. The summed E-state index contributed by atoms with van der Waals surface area (Å²) < 4.78 is 5.31. The number of hydrogen-bond acceptors (Lipinski definition) is 3. The molecule has 4 nitrogen and oxygen atoms in total. The van der Waals surface area contributed by atoms with Gasteiger partial charge in [-0.1, -0.05) is 0 Å². The van der Waals surface area contributed by atoms with Gasteiger partial charge in [0.15, 0.2) is 0 Å². The lowest BCUT2D eigenvalue weighted by atomic mass is 10.4. The third kappa shape index (κ3) is 8.95. The van der Waals surface area contributed by atoms with Gasteiger partial charge >= 0.3 is 0 Å². The molecule has 1 amide bonds. The zero-order chi connectivity index (χ0) is 11.1. The summed E-state index contributed by atoms with van der Waals surface area (Å²) in [5, 5.41) is 5.95. The zero-order valence-electron chi connectivity index (χ0n) is 10.1. The van der Waals surface area contributed by atoms with Gasteiger partial charge < -0.3 is 15.4 Å². The summed E-state index contributed by atoms with van der Waals surface area (Å²) in [4.78, 5) is 11.3. The Morgan fingerprint density at radius 1 is 1.44 bits per heavy atom. The quantitative estimate of drug-likeness (QED) is 0.631. The van der Waals surface area contributed by atoms with Crippen LogP contribution in [0.3, 0.4) is 0 Å². The molecule has 0 saturated heterocycles. The van der Waals surface area contributed by atoms with Crippen molar-refractivity contribution < 1.29 is 9.53 Å². The second kappa shape index (κ2) is 8.79. The molecule has 1 saturated carbocycles. The van der Waals surface area contributed by atoms with Crippen LogP contribution in [0, 0.1) is 5.92 Å². The summed E-state index contributed by atoms with van der Waals surface area (Å²) in [7, 11) is 0. The van der Waals surface area contributed by atoms with E-state index in [1.807, 2.05) is 13.8 Å². The predicted octanol–water partition coefficient (Wildman–Crippen LogP) is 0.949. The first-order valence-electron chi connectivity index (χ1n) is 5.77. The van der Waals surface area contributed by atoms with Crippen molar-refractivity contribution in [3.05, 3.63) is 0 Å². The van der Waals surface area contributed by atoms with Crippen LogP contribution in [0.25, 0.3) is 0 Å². The Balaban J connectivity index is 0.00000225. The minimum atomic E-state index is 0. The SMILES string of the molecule is CC(C)OCCNC(=O)CNCC1CC1.Cl. The van der Waals surface area contributed by atoms with E-state index < -0.39 is 0 Å². The van der Waals surface area contributed by atoms with E-state index >= 15 is 0 Å². The summed E-state index contributed by atoms with van der Waals surface area (Å²) >= 11 is 0. The first-order valence-corrected chi connectivity index (χ1v) is 5.77. The van der Waals surface area contributed by atoms with Crippen molar-refractivity contribution in [1.82, 2.24) is 10.6 Å². The highest BCUT2D eigenvalue weighted by Gasteiger charge is 2.20. The monoisotopic (exact) mass is 250 g/mol. The van der Waals surface area contributed by atoms with Crippen molar-refractivity contribution in [2.45, 2.75) is 32.8 Å². The minimum Gasteiger partial charge on any atom is -0.377 e. The number of hydrogen-bond donors (Lipinski definition) is 2. The lowest BCUT2D eigenvalue weighted by molar-refractivity contribution is -0.120. The van der Waals surface area contributed by atoms with Gasteiger partial charge in [-0.3, -0.25) is 4.79 Å². The molecule has 0 bridgehead atoms. The molecule has 0 spiro atoms. The van der Waals surface area contributed by atoms with Crippen molar-refractivity contribution in [1.29, 1.82) is 0 Å². The molecular weight excluding hydrogens is 228 g/mol. The summed E-state index contributed by atoms with van der Waals surface area (Å²) in [5.41, 5.74) is 0. The molecule has 0 aliphatic heterocycles. The third-order valence-corrected chi connectivity index (χ3v) is 2.29. The molecule has 0 heterocycles. The molecule has 16 heavy (non-hydrogen) atoms. The Morgan fingerprint density at radius 3 is 2.69 bits per heavy atom. The van der Waals surface area contributed by atoms with E-state index in [-0.39, 0.29) is 24.4 Å². The van der Waals surface area contributed by atoms with E-state index in [1.54, 1.807) is 0 Å². The van der Waals surface area contributed by atoms with E-state index in [4.69, 9.17) is 4.74 Å². The Morgan fingerprint density at radius 2 is 2.12 bits per heavy atom. The molecule has 0 unspecified atom stereocenters. The lowest BCUT2D eigenvalue weighted by Gasteiger charge is -2.09. The first kappa shape index (κ1) is 15.7. The molecule has 5 heteroatoms. The van der Waals surface area contributed by atoms with Gasteiger partial charge in [-0.2, -0.15) is 0 Å². The normalized spacial score (nSPS) is 14.7. The van der Waals surface area contributed by atoms with Gasteiger partial charge in [0.25, 0.3) is 0 Å². The summed E-state index contributed by atoms with van der Waals surface area (Å²) in [5.74, 6) is 0.880. The van der Waals surface area contributed by atoms with Gasteiger partial charge in [0.1, 0.15) is 0 Å². The third-order valence-electron chi connectivity index (χ3n) is 2.29. The van der Waals surface area contributed by atoms with Gasteiger partial charge in [-0.15, -0.1) is 12.4 Å². The van der Waals surface area contributed by atoms with Crippen molar-refractivity contribution in [3.63, 3.8) is 0 Å². The Labute approximate surface area is 104 Å². The summed E-state index contributed by atoms with van der Waals surface area (Å²) in [6.07, 6.45) is 2.86. The van der Waals surface area contributed by atoms with Crippen molar-refractivity contribution >= 4 is 18.3 Å². The predicted molar refractivity (Wildman–Crippen MR) is 66.9 cm³/mol. The number of carbonyl (C=O) groups is 1. The molecule has 2 N–H and O–H groups in total. The fraction of sp³-hybridized carbons (Fsp3) is 0.909. The standard InChI is InChI=1S/C11H22N2O2.ClH/c1-9(2)15-6-5-13-11(14)8-12-7-10-3-4-10;/h9-10,12H,3-8H2,1-2H3,(H,13,14);1H. The maximum Gasteiger partial charge on any atom is 0.234 e. The van der Waals surface area contributed by atoms with E-state index in [9.17, 15) is 4.79 Å². The van der Waals surface area contributed by atoms with E-state index in [1.165, 1.54) is 12.8 Å². The molecule has 1 rings (SSSR count). The molecule has 96 valence electrons. The number of amides is 1. The van der Waals surface area contributed by atoms with Crippen LogP contribution in [0.15, 0.2) is 0 Å². The van der Waals surface area contributed by atoms with Crippen molar-refractivity contribution in [2.75, 3.05) is 26.2 Å². The Kier molecular flexibility index (Phi) is 8.61. The van der Waals surface area contributed by atoms with Crippen molar-refractivity contribution in [3.8, 4) is 0 Å². The number of rotatable bonds is 8. The van der Waals surface area contributed by atoms with E-state index in [0.29, 0.717) is 19.7 Å². The highest BCUT2D eigenvalue weighted by Crippen LogP contribution is 2.27. The molecular formula is C11H23ClN2O2. The molecule has 0 aromatic heterocycles. The second-order valence-corrected chi connectivity index (χ2v) is 4.34. The average molecular weight is 251 g/mol. The van der Waals surface area contributed by atoms with Crippen LogP contribution in [0.2, 0.25) is 0 Å². The van der Waals surface area contributed by atoms with Crippen LogP contribution < -0.4 is 10.6 Å². The fourth-order valence-corrected chi connectivity index (χ4v) is 1.26. The fourth-order valence-electron chi connectivity index (χ4n) is 1.26. The van der Waals surface area contributed by atoms with Gasteiger partial charge in [0, 0.05) is 6.54 Å². The van der Waals surface area contributed by atoms with Gasteiger partial charge in [-0.05, 0) is 39.2 Å². The number of carbonyl (C=O) groups excluding carboxylic acids is 1. The Bertz CT molecular complexity index is 196. The summed E-state index contributed by atoms with van der Waals surface area (Å²) in [6.45, 7) is 6.57. The van der Waals surface area contributed by atoms with Gasteiger partial charge in [0.2, 0.25) is 5.91 Å². The molecule has 0 radical (unpaired) electrons. The van der Waals surface area contributed by atoms with Crippen molar-refractivity contribution in [2.24, 2.45) is 5.92 Å². The maximum atomic E-state index is 11.3. The first-order chi connectivity index (χ1) is 7.18. The van der Waals surface area contributed by atoms with Crippen LogP contribution in [0.4, 0.5) is 0 Å². The largest absolute Gasteiger partial charge is 0.377 e. The molecule has 1 fully saturated rings. The molecule has 0 aromatic carbocycles. The minimum absolute atomic E-state index is 0. The molecule has 0 atom stereocenters. The maximum absolute atomic E-state index is 11.3. The number of ether oxygens (including phenoxy) is 1. The number of halogens is 1. The second-order valence-electron chi connectivity index (χ2n) is 4.34. The highest BCUT2D eigenvalue weighted by molar-refractivity contribution is 5.85. The molecule has 1 aliphatic rings. The molecule has 0 aromatic rings. The number of nitrogens with one attached hydrogen (secondary N) is 2.